The first kappa shape index (κ1) is 20.9. The van der Waals surface area contributed by atoms with Crippen molar-refractivity contribution in [2.75, 3.05) is 26.4 Å². The molecule has 0 aromatic carbocycles. The highest BCUT2D eigenvalue weighted by Gasteiger charge is 2.32. The van der Waals surface area contributed by atoms with Gasteiger partial charge in [-0.1, -0.05) is 20.3 Å². The summed E-state index contributed by atoms with van der Waals surface area (Å²) in [6.45, 7) is 15.1. The fourth-order valence-corrected chi connectivity index (χ4v) is 3.77. The molecule has 21 heavy (non-hydrogen) atoms. The molecule has 0 bridgehead atoms. The highest BCUT2D eigenvalue weighted by Crippen LogP contribution is 2.27. The Morgan fingerprint density at radius 2 is 1.67 bits per heavy atom. The van der Waals surface area contributed by atoms with E-state index >= 15 is 0 Å². The zero-order valence-corrected chi connectivity index (χ0v) is 16.1. The molecule has 0 aliphatic rings. The lowest BCUT2D eigenvalue weighted by molar-refractivity contribution is 0.142. The highest BCUT2D eigenvalue weighted by molar-refractivity contribution is 7.88. The third-order valence-electron chi connectivity index (χ3n) is 4.45. The lowest BCUT2D eigenvalue weighted by Crippen LogP contribution is -2.47. The van der Waals surface area contributed by atoms with Crippen LogP contribution in [0.2, 0.25) is 0 Å². The van der Waals surface area contributed by atoms with Gasteiger partial charge in [-0.05, 0) is 53.0 Å². The largest absolute Gasteiger partial charge is 0.301 e. The van der Waals surface area contributed by atoms with E-state index in [1.165, 1.54) is 10.6 Å². The fourth-order valence-electron chi connectivity index (χ4n) is 2.80. The van der Waals surface area contributed by atoms with Crippen molar-refractivity contribution >= 4 is 10.0 Å². The third kappa shape index (κ3) is 7.11. The molecule has 0 spiro atoms. The number of hydrogen-bond donors (Lipinski definition) is 0. The number of sulfonamides is 1. The molecular formula is C16H36N2O2S. The summed E-state index contributed by atoms with van der Waals surface area (Å²) in [4.78, 5) is 2.50. The Kier molecular flexibility index (Phi) is 8.44. The predicted octanol–water partition coefficient (Wildman–Crippen LogP) is 3.19. The van der Waals surface area contributed by atoms with Gasteiger partial charge in [-0.2, -0.15) is 4.31 Å². The molecule has 0 radical (unpaired) electrons. The maximum atomic E-state index is 11.8. The summed E-state index contributed by atoms with van der Waals surface area (Å²) in [5.74, 6) is 0.512. The van der Waals surface area contributed by atoms with E-state index in [-0.39, 0.29) is 5.54 Å². The molecule has 128 valence electrons. The second-order valence-corrected chi connectivity index (χ2v) is 9.12. The smallest absolute Gasteiger partial charge is 0.211 e. The summed E-state index contributed by atoms with van der Waals surface area (Å²) in [5, 5.41) is 0. The zero-order valence-electron chi connectivity index (χ0n) is 15.3. The zero-order chi connectivity index (χ0) is 16.8. The predicted molar refractivity (Wildman–Crippen MR) is 92.1 cm³/mol. The summed E-state index contributed by atoms with van der Waals surface area (Å²) in [7, 11) is -1.46. The van der Waals surface area contributed by atoms with Gasteiger partial charge in [0.15, 0.2) is 0 Å². The molecule has 0 aliphatic heterocycles. The van der Waals surface area contributed by atoms with Crippen molar-refractivity contribution in [2.24, 2.45) is 5.92 Å². The van der Waals surface area contributed by atoms with Crippen LogP contribution in [0.5, 0.6) is 0 Å². The first-order valence-corrected chi connectivity index (χ1v) is 9.98. The first-order chi connectivity index (χ1) is 9.45. The summed E-state index contributed by atoms with van der Waals surface area (Å²) in [6, 6.07) is 0.537. The van der Waals surface area contributed by atoms with Crippen LogP contribution < -0.4 is 0 Å². The SMILES string of the molecule is CCCN(CC(CC)CC(C)(C)N(C)S(C)(=O)=O)C(C)C. The molecule has 0 fully saturated rings. The van der Waals surface area contributed by atoms with E-state index in [4.69, 9.17) is 0 Å². The van der Waals surface area contributed by atoms with Gasteiger partial charge in [-0.3, -0.25) is 0 Å². The number of rotatable bonds is 10. The van der Waals surface area contributed by atoms with Gasteiger partial charge in [0.1, 0.15) is 0 Å². The van der Waals surface area contributed by atoms with Crippen molar-refractivity contribution in [1.29, 1.82) is 0 Å². The lowest BCUT2D eigenvalue weighted by Gasteiger charge is -2.38. The average Bonchev–Trinajstić information content (AvgIpc) is 2.34. The normalized spacial score (nSPS) is 15.2. The van der Waals surface area contributed by atoms with Gasteiger partial charge >= 0.3 is 0 Å². The quantitative estimate of drug-likeness (QED) is 0.620. The van der Waals surface area contributed by atoms with Gasteiger partial charge in [-0.25, -0.2) is 8.42 Å². The maximum Gasteiger partial charge on any atom is 0.211 e. The molecular weight excluding hydrogens is 284 g/mol. The van der Waals surface area contributed by atoms with E-state index < -0.39 is 10.0 Å². The van der Waals surface area contributed by atoms with Gasteiger partial charge in [0.2, 0.25) is 10.0 Å². The second-order valence-electron chi connectivity index (χ2n) is 7.11. The van der Waals surface area contributed by atoms with E-state index in [1.54, 1.807) is 7.05 Å². The molecule has 0 aromatic rings. The van der Waals surface area contributed by atoms with Crippen LogP contribution in [-0.4, -0.2) is 55.6 Å². The van der Waals surface area contributed by atoms with Crippen molar-refractivity contribution in [2.45, 2.75) is 72.4 Å². The molecule has 0 heterocycles. The molecule has 0 saturated heterocycles. The van der Waals surface area contributed by atoms with Gasteiger partial charge in [0.05, 0.1) is 6.26 Å². The minimum atomic E-state index is -3.15. The van der Waals surface area contributed by atoms with E-state index in [2.05, 4.69) is 32.6 Å². The topological polar surface area (TPSA) is 40.6 Å². The standard InChI is InChI=1S/C16H36N2O2S/c1-9-11-18(14(3)4)13-15(10-2)12-16(5,6)17(7)21(8,19)20/h14-15H,9-13H2,1-8H3. The summed E-state index contributed by atoms with van der Waals surface area (Å²) < 4.78 is 25.1. The molecule has 0 rings (SSSR count). The van der Waals surface area contributed by atoms with Crippen LogP contribution in [0, 0.1) is 5.92 Å². The van der Waals surface area contributed by atoms with E-state index in [0.29, 0.717) is 12.0 Å². The van der Waals surface area contributed by atoms with Crippen molar-refractivity contribution < 1.29 is 8.42 Å². The highest BCUT2D eigenvalue weighted by atomic mass is 32.2. The van der Waals surface area contributed by atoms with E-state index in [9.17, 15) is 8.42 Å². The Hall–Kier alpha value is -0.130. The average molecular weight is 321 g/mol. The lowest BCUT2D eigenvalue weighted by atomic mass is 9.88. The molecule has 5 heteroatoms. The monoisotopic (exact) mass is 320 g/mol. The van der Waals surface area contributed by atoms with Gasteiger partial charge in [-0.15, -0.1) is 0 Å². The Bertz CT molecular complexity index is 391. The van der Waals surface area contributed by atoms with Crippen LogP contribution in [0.25, 0.3) is 0 Å². The molecule has 1 atom stereocenters. The summed E-state index contributed by atoms with van der Waals surface area (Å²) >= 11 is 0. The van der Waals surface area contributed by atoms with Crippen LogP contribution in [0.3, 0.4) is 0 Å². The van der Waals surface area contributed by atoms with Crippen LogP contribution >= 0.6 is 0 Å². The van der Waals surface area contributed by atoms with E-state index in [0.717, 1.165) is 32.4 Å². The van der Waals surface area contributed by atoms with Crippen molar-refractivity contribution in [3.05, 3.63) is 0 Å². The number of nitrogens with zero attached hydrogens (tertiary/aromatic N) is 2. The first-order valence-electron chi connectivity index (χ1n) is 8.13. The molecule has 1 unspecified atom stereocenters. The minimum Gasteiger partial charge on any atom is -0.301 e. The van der Waals surface area contributed by atoms with Crippen LogP contribution in [0.15, 0.2) is 0 Å². The van der Waals surface area contributed by atoms with Crippen molar-refractivity contribution in [3.63, 3.8) is 0 Å². The Morgan fingerprint density at radius 1 is 1.14 bits per heavy atom. The van der Waals surface area contributed by atoms with Crippen LogP contribution in [0.1, 0.15) is 60.8 Å². The molecule has 0 saturated carbocycles. The maximum absolute atomic E-state index is 11.8. The Morgan fingerprint density at radius 3 is 2.00 bits per heavy atom. The Labute approximate surface area is 132 Å². The van der Waals surface area contributed by atoms with E-state index in [1.807, 2.05) is 13.8 Å². The Balaban J connectivity index is 4.90. The molecule has 0 amide bonds. The van der Waals surface area contributed by atoms with Crippen molar-refractivity contribution in [3.8, 4) is 0 Å². The van der Waals surface area contributed by atoms with Crippen molar-refractivity contribution in [1.82, 2.24) is 9.21 Å². The second kappa shape index (κ2) is 8.49. The van der Waals surface area contributed by atoms with Gasteiger partial charge in [0.25, 0.3) is 0 Å². The van der Waals surface area contributed by atoms with Crippen LogP contribution in [0.4, 0.5) is 0 Å². The van der Waals surface area contributed by atoms with Gasteiger partial charge < -0.3 is 4.90 Å². The molecule has 0 aromatic heterocycles. The minimum absolute atomic E-state index is 0.344. The summed E-state index contributed by atoms with van der Waals surface area (Å²) in [6.07, 6.45) is 4.41. The molecule has 0 aliphatic carbocycles. The number of hydrogen-bond acceptors (Lipinski definition) is 3. The fraction of sp³-hybridized carbons (Fsp3) is 1.00. The molecule has 0 N–H and O–H groups in total. The molecule has 4 nitrogen and oxygen atoms in total. The third-order valence-corrected chi connectivity index (χ3v) is 5.94. The summed E-state index contributed by atoms with van der Waals surface area (Å²) in [5.41, 5.74) is -0.344. The van der Waals surface area contributed by atoms with Crippen LogP contribution in [-0.2, 0) is 10.0 Å². The van der Waals surface area contributed by atoms with Gasteiger partial charge in [0, 0.05) is 25.2 Å².